The number of aliphatic carboxylic acids is 1. The molecule has 0 radical (unpaired) electrons. The summed E-state index contributed by atoms with van der Waals surface area (Å²) in [7, 11) is 0. The van der Waals surface area contributed by atoms with Crippen LogP contribution in [0, 0.1) is 0 Å². The van der Waals surface area contributed by atoms with Crippen LogP contribution >= 0.6 is 0 Å². The minimum atomic E-state index is -1.40. The molecule has 1 heterocycles. The smallest absolute Gasteiger partial charge is 1.00 e. The molecule has 0 saturated carbocycles. The van der Waals surface area contributed by atoms with E-state index in [9.17, 15) is 19.2 Å². The molecule has 8 nitrogen and oxygen atoms in total. The van der Waals surface area contributed by atoms with Crippen molar-refractivity contribution >= 4 is 11.9 Å². The van der Waals surface area contributed by atoms with Gasteiger partial charge >= 0.3 is 36.5 Å². The number of rotatable bonds is 6. The molecule has 0 saturated heterocycles. The normalized spacial score (nSPS) is 9.68. The number of carboxylic acid groups (broad SMARTS) is 2. The minimum Gasteiger partial charge on any atom is -1.00 e. The van der Waals surface area contributed by atoms with Crippen molar-refractivity contribution in [2.75, 3.05) is 0 Å². The van der Waals surface area contributed by atoms with Crippen molar-refractivity contribution in [1.82, 2.24) is 9.97 Å². The van der Waals surface area contributed by atoms with Crippen molar-refractivity contribution in [3.8, 4) is 0 Å². The van der Waals surface area contributed by atoms with Gasteiger partial charge in [0, 0.05) is 12.0 Å². The van der Waals surface area contributed by atoms with Gasteiger partial charge in [-0.05, 0) is 19.3 Å². The Hall–Kier alpha value is -1.78. The summed E-state index contributed by atoms with van der Waals surface area (Å²) in [5, 5.41) is 17.3. The molecule has 0 unspecified atom stereocenters. The topological polar surface area (TPSA) is 140 Å². The van der Waals surface area contributed by atoms with Crippen LogP contribution in [0.5, 0.6) is 0 Å². The number of nitrogens with one attached hydrogen (secondary N) is 2. The van der Waals surface area contributed by atoms with Crippen LogP contribution < -0.4 is 30.1 Å². The Bertz CT molecular complexity index is 582. The van der Waals surface area contributed by atoms with E-state index in [1.807, 2.05) is 9.97 Å². The van der Waals surface area contributed by atoms with Crippen molar-refractivity contribution in [3.05, 3.63) is 32.1 Å². The Labute approximate surface area is 120 Å². The van der Waals surface area contributed by atoms with Gasteiger partial charge in [0.05, 0.1) is 0 Å². The molecule has 0 aliphatic heterocycles. The number of aromatic carboxylic acids is 1. The fourth-order valence-electron chi connectivity index (χ4n) is 1.51. The van der Waals surface area contributed by atoms with Crippen molar-refractivity contribution in [2.24, 2.45) is 0 Å². The summed E-state index contributed by atoms with van der Waals surface area (Å²) in [6, 6.07) is 0. The molecule has 0 amide bonds. The van der Waals surface area contributed by atoms with Gasteiger partial charge < -0.3 is 16.6 Å². The van der Waals surface area contributed by atoms with Gasteiger partial charge in [-0.2, -0.15) is 0 Å². The fraction of sp³-hybridized carbons (Fsp3) is 0.400. The summed E-state index contributed by atoms with van der Waals surface area (Å²) in [4.78, 5) is 47.5. The maximum Gasteiger partial charge on any atom is 1.00 e. The second-order valence-corrected chi connectivity index (χ2v) is 3.67. The van der Waals surface area contributed by atoms with E-state index < -0.39 is 28.9 Å². The van der Waals surface area contributed by atoms with Gasteiger partial charge in [-0.25, -0.2) is 9.59 Å². The van der Waals surface area contributed by atoms with Crippen molar-refractivity contribution in [1.29, 1.82) is 0 Å². The largest absolute Gasteiger partial charge is 1.00 e. The summed E-state index contributed by atoms with van der Waals surface area (Å²) < 4.78 is 0. The van der Waals surface area contributed by atoms with E-state index in [-0.39, 0.29) is 38.7 Å². The third-order valence-corrected chi connectivity index (χ3v) is 2.32. The van der Waals surface area contributed by atoms with E-state index in [4.69, 9.17) is 10.2 Å². The molecule has 0 aromatic carbocycles. The standard InChI is InChI=1S/C10H12N2O6.Li.H/c13-6(14)4-2-1-3-5-7(9(16)17)11-10(18)12-8(5)15;;/h1-4H2,(H,13,14)(H,16,17)(H2,11,12,15,18);;/q;+1;-1. The van der Waals surface area contributed by atoms with Crippen LogP contribution in [-0.2, 0) is 11.2 Å². The van der Waals surface area contributed by atoms with Crippen LogP contribution in [0.3, 0.4) is 0 Å². The summed E-state index contributed by atoms with van der Waals surface area (Å²) in [5.74, 6) is -2.35. The molecule has 4 N–H and O–H groups in total. The number of aromatic nitrogens is 2. The Morgan fingerprint density at radius 2 is 1.74 bits per heavy atom. The van der Waals surface area contributed by atoms with Gasteiger partial charge in [-0.15, -0.1) is 0 Å². The van der Waals surface area contributed by atoms with Crippen molar-refractivity contribution in [2.45, 2.75) is 25.7 Å². The van der Waals surface area contributed by atoms with E-state index in [0.29, 0.717) is 12.8 Å². The molecular weight excluding hydrogens is 251 g/mol. The Morgan fingerprint density at radius 1 is 1.11 bits per heavy atom. The number of H-pyrrole nitrogens is 2. The molecule has 0 spiro atoms. The number of carbonyl (C=O) groups is 2. The van der Waals surface area contributed by atoms with Crippen LogP contribution in [0.25, 0.3) is 0 Å². The predicted octanol–water partition coefficient (Wildman–Crippen LogP) is -3.32. The van der Waals surface area contributed by atoms with Gasteiger partial charge in [0.1, 0.15) is 5.69 Å². The molecule has 9 heteroatoms. The predicted molar refractivity (Wildman–Crippen MR) is 60.9 cm³/mol. The van der Waals surface area contributed by atoms with Gasteiger partial charge in [-0.1, -0.05) is 0 Å². The Kier molecular flexibility index (Phi) is 6.89. The second-order valence-electron chi connectivity index (χ2n) is 3.67. The van der Waals surface area contributed by atoms with Crippen LogP contribution in [0.15, 0.2) is 9.59 Å². The van der Waals surface area contributed by atoms with Crippen LogP contribution in [0.2, 0.25) is 0 Å². The molecule has 0 aliphatic carbocycles. The summed E-state index contributed by atoms with van der Waals surface area (Å²) in [6.45, 7) is 0. The summed E-state index contributed by atoms with van der Waals surface area (Å²) >= 11 is 0. The molecule has 1 aromatic heterocycles. The summed E-state index contributed by atoms with van der Waals surface area (Å²) in [5.41, 5.74) is -2.13. The van der Waals surface area contributed by atoms with E-state index in [1.54, 1.807) is 0 Å². The number of aromatic amines is 2. The number of hydrogen-bond acceptors (Lipinski definition) is 4. The van der Waals surface area contributed by atoms with E-state index >= 15 is 0 Å². The SMILES string of the molecule is O=C(O)CCCCc1c(C(=O)O)[nH]c(=O)[nH]c1=O.[H-].[Li+]. The zero-order chi connectivity index (χ0) is 13.7. The average molecular weight is 264 g/mol. The van der Waals surface area contributed by atoms with Gasteiger partial charge in [0.15, 0.2) is 0 Å². The zero-order valence-corrected chi connectivity index (χ0v) is 10.4. The molecule has 19 heavy (non-hydrogen) atoms. The van der Waals surface area contributed by atoms with Gasteiger partial charge in [0.2, 0.25) is 0 Å². The van der Waals surface area contributed by atoms with Gasteiger partial charge in [-0.3, -0.25) is 14.6 Å². The second kappa shape index (κ2) is 7.61. The van der Waals surface area contributed by atoms with Gasteiger partial charge in [0.25, 0.3) is 5.56 Å². The molecule has 0 fully saturated rings. The van der Waals surface area contributed by atoms with E-state index in [2.05, 4.69) is 0 Å². The molecule has 0 atom stereocenters. The first kappa shape index (κ1) is 17.2. The Morgan fingerprint density at radius 3 is 2.26 bits per heavy atom. The quantitative estimate of drug-likeness (QED) is 0.313. The van der Waals surface area contributed by atoms with Crippen LogP contribution in [0.4, 0.5) is 0 Å². The number of unbranched alkanes of at least 4 members (excludes halogenated alkanes) is 1. The van der Waals surface area contributed by atoms with Crippen molar-refractivity contribution in [3.63, 3.8) is 0 Å². The first-order valence-electron chi connectivity index (χ1n) is 5.22. The third-order valence-electron chi connectivity index (χ3n) is 2.32. The number of hydrogen-bond donors (Lipinski definition) is 4. The number of carboxylic acids is 2. The van der Waals surface area contributed by atoms with E-state index in [1.165, 1.54) is 0 Å². The fourth-order valence-corrected chi connectivity index (χ4v) is 1.51. The third kappa shape index (κ3) is 5.15. The summed E-state index contributed by atoms with van der Waals surface area (Å²) in [6.07, 6.45) is 0.722. The molecule has 0 bridgehead atoms. The Balaban J connectivity index is 0. The van der Waals surface area contributed by atoms with Crippen LogP contribution in [-0.4, -0.2) is 32.1 Å². The average Bonchev–Trinajstić information content (AvgIpc) is 2.25. The zero-order valence-electron chi connectivity index (χ0n) is 11.4. The van der Waals surface area contributed by atoms with Crippen molar-refractivity contribution < 1.29 is 40.1 Å². The monoisotopic (exact) mass is 264 g/mol. The molecule has 1 rings (SSSR count). The molecule has 0 aliphatic rings. The van der Waals surface area contributed by atoms with E-state index in [0.717, 1.165) is 0 Å². The molecular formula is C10H13LiN2O6. The first-order valence-corrected chi connectivity index (χ1v) is 5.22. The van der Waals surface area contributed by atoms with Crippen LogP contribution in [0.1, 0.15) is 36.7 Å². The first-order chi connectivity index (χ1) is 8.41. The maximum atomic E-state index is 11.4. The maximum absolute atomic E-state index is 11.4. The molecule has 100 valence electrons. The minimum absolute atomic E-state index is 0. The molecule has 1 aromatic rings.